The van der Waals surface area contributed by atoms with E-state index in [9.17, 15) is 9.59 Å². The van der Waals surface area contributed by atoms with Crippen molar-refractivity contribution in [3.63, 3.8) is 0 Å². The average molecular weight is 385 g/mol. The van der Waals surface area contributed by atoms with Crippen LogP contribution in [-0.2, 0) is 22.6 Å². The van der Waals surface area contributed by atoms with Crippen molar-refractivity contribution in [2.24, 2.45) is 0 Å². The summed E-state index contributed by atoms with van der Waals surface area (Å²) in [5.74, 6) is 0.612. The van der Waals surface area contributed by atoms with Gasteiger partial charge in [-0.3, -0.25) is 9.59 Å². The average Bonchev–Trinajstić information content (AvgIpc) is 2.68. The zero-order chi connectivity index (χ0) is 20.5. The van der Waals surface area contributed by atoms with Crippen LogP contribution in [0.25, 0.3) is 0 Å². The minimum atomic E-state index is -0.131. The Labute approximate surface area is 167 Å². The molecule has 28 heavy (non-hydrogen) atoms. The van der Waals surface area contributed by atoms with Crippen LogP contribution in [0.5, 0.6) is 5.75 Å². The van der Waals surface area contributed by atoms with Gasteiger partial charge in [-0.15, -0.1) is 0 Å². The van der Waals surface area contributed by atoms with Crippen molar-refractivity contribution in [2.45, 2.75) is 19.9 Å². The van der Waals surface area contributed by atoms with Crippen LogP contribution in [0.2, 0.25) is 0 Å². The summed E-state index contributed by atoms with van der Waals surface area (Å²) < 4.78 is 5.10. The lowest BCUT2D eigenvalue weighted by Gasteiger charge is -2.20. The Morgan fingerprint density at radius 3 is 2.18 bits per heavy atom. The van der Waals surface area contributed by atoms with Gasteiger partial charge in [-0.05, 0) is 41.8 Å². The summed E-state index contributed by atoms with van der Waals surface area (Å²) in [5, 5.41) is 2.84. The molecule has 6 nitrogen and oxygen atoms in total. The van der Waals surface area contributed by atoms with Crippen molar-refractivity contribution in [3.05, 3.63) is 59.7 Å². The number of nitrogens with zero attached hydrogens (tertiary/aromatic N) is 1. The van der Waals surface area contributed by atoms with Gasteiger partial charge in [0.2, 0.25) is 0 Å². The lowest BCUT2D eigenvalue weighted by atomic mass is 10.1. The number of ether oxygens (including phenoxy) is 1. The maximum Gasteiger partial charge on any atom is 0.279 e. The number of likely N-dealkylation sites (N-methyl/N-ethyl adjacent to an activating group) is 2. The summed E-state index contributed by atoms with van der Waals surface area (Å²) in [7, 11) is 5.23. The third-order valence-corrected chi connectivity index (χ3v) is 4.57. The molecule has 0 fully saturated rings. The van der Waals surface area contributed by atoms with E-state index < -0.39 is 0 Å². The molecule has 0 radical (unpaired) electrons. The molecule has 0 spiro atoms. The van der Waals surface area contributed by atoms with Gasteiger partial charge in [0.15, 0.2) is 13.1 Å². The van der Waals surface area contributed by atoms with Crippen molar-refractivity contribution in [3.8, 4) is 5.75 Å². The molecule has 1 atom stereocenters. The van der Waals surface area contributed by atoms with Gasteiger partial charge >= 0.3 is 0 Å². The molecule has 6 heteroatoms. The Morgan fingerprint density at radius 2 is 1.61 bits per heavy atom. The van der Waals surface area contributed by atoms with E-state index in [0.717, 1.165) is 22.6 Å². The highest BCUT2D eigenvalue weighted by Gasteiger charge is 2.17. The number of rotatable bonds is 9. The van der Waals surface area contributed by atoms with Crippen LogP contribution >= 0.6 is 0 Å². The maximum absolute atomic E-state index is 12.5. The third kappa shape index (κ3) is 6.70. The molecule has 0 aliphatic carbocycles. The Morgan fingerprint density at radius 1 is 1.00 bits per heavy atom. The van der Waals surface area contributed by atoms with Crippen molar-refractivity contribution in [1.29, 1.82) is 0 Å². The third-order valence-electron chi connectivity index (χ3n) is 4.57. The molecular weight excluding hydrogens is 354 g/mol. The molecular formula is C22H30N3O3+. The van der Waals surface area contributed by atoms with Crippen LogP contribution in [0.3, 0.4) is 0 Å². The Balaban J connectivity index is 1.78. The molecule has 2 rings (SSSR count). The van der Waals surface area contributed by atoms with E-state index in [4.69, 9.17) is 4.74 Å². The number of carbonyl (C=O) groups excluding carboxylic acids is 2. The molecule has 0 saturated carbocycles. The zero-order valence-electron chi connectivity index (χ0n) is 17.1. The summed E-state index contributed by atoms with van der Waals surface area (Å²) in [6.07, 6.45) is 1.00. The fourth-order valence-electron chi connectivity index (χ4n) is 2.85. The Bertz CT molecular complexity index is 773. The number of hydrogen-bond donors (Lipinski definition) is 2. The molecule has 0 aromatic heterocycles. The van der Waals surface area contributed by atoms with Gasteiger partial charge in [0.25, 0.3) is 11.8 Å². The molecule has 0 aliphatic rings. The highest BCUT2D eigenvalue weighted by Crippen LogP contribution is 2.14. The summed E-state index contributed by atoms with van der Waals surface area (Å²) in [6.45, 7) is 3.17. The van der Waals surface area contributed by atoms with E-state index in [0.29, 0.717) is 12.2 Å². The predicted molar refractivity (Wildman–Crippen MR) is 111 cm³/mol. The summed E-state index contributed by atoms with van der Waals surface area (Å²) >= 11 is 0. The van der Waals surface area contributed by atoms with Crippen LogP contribution < -0.4 is 15.0 Å². The highest BCUT2D eigenvalue weighted by molar-refractivity contribution is 5.91. The fourth-order valence-corrected chi connectivity index (χ4v) is 2.85. The van der Waals surface area contributed by atoms with Crippen LogP contribution in [0.4, 0.5) is 5.69 Å². The minimum absolute atomic E-state index is 0.00863. The number of hydrogen-bond acceptors (Lipinski definition) is 3. The van der Waals surface area contributed by atoms with Gasteiger partial charge in [0.05, 0.1) is 14.2 Å². The smallest absolute Gasteiger partial charge is 0.279 e. The summed E-state index contributed by atoms with van der Waals surface area (Å²) in [4.78, 5) is 27.2. The molecule has 0 heterocycles. The van der Waals surface area contributed by atoms with Gasteiger partial charge in [-0.2, -0.15) is 0 Å². The molecule has 2 amide bonds. The van der Waals surface area contributed by atoms with Crippen molar-refractivity contribution >= 4 is 17.5 Å². The summed E-state index contributed by atoms with van der Waals surface area (Å²) in [5.41, 5.74) is 3.09. The monoisotopic (exact) mass is 384 g/mol. The lowest BCUT2D eigenvalue weighted by molar-refractivity contribution is -0.862. The second-order valence-electron chi connectivity index (χ2n) is 7.01. The number of aryl methyl sites for hydroxylation is 1. The Hall–Kier alpha value is -2.86. The first kappa shape index (κ1) is 21.4. The van der Waals surface area contributed by atoms with E-state index >= 15 is 0 Å². The highest BCUT2D eigenvalue weighted by atomic mass is 16.5. The van der Waals surface area contributed by atoms with E-state index in [1.165, 1.54) is 5.56 Å². The second kappa shape index (κ2) is 10.5. The molecule has 2 N–H and O–H groups in total. The normalized spacial score (nSPS) is 11.6. The number of benzene rings is 2. The van der Waals surface area contributed by atoms with Gasteiger partial charge in [0.1, 0.15) is 5.75 Å². The SMILES string of the molecule is CCc1ccc(CN(C)C(=O)C[NH+](C)CC(=O)Nc2ccc(OC)cc2)cc1. The first-order valence-electron chi connectivity index (χ1n) is 9.48. The zero-order valence-corrected chi connectivity index (χ0v) is 17.1. The predicted octanol–water partition coefficient (Wildman–Crippen LogP) is 1.37. The standard InChI is InChI=1S/C22H29N3O3/c1-5-17-6-8-18(9-7-17)14-25(3)22(27)16-24(2)15-21(26)23-19-10-12-20(28-4)13-11-19/h6-13H,5,14-16H2,1-4H3,(H,23,26)/p+1. The number of carbonyl (C=O) groups is 2. The van der Waals surface area contributed by atoms with E-state index in [2.05, 4.69) is 36.5 Å². The maximum atomic E-state index is 12.5. The number of methoxy groups -OCH3 is 1. The van der Waals surface area contributed by atoms with Crippen LogP contribution in [0.15, 0.2) is 48.5 Å². The Kier molecular flexibility index (Phi) is 8.02. The van der Waals surface area contributed by atoms with Crippen LogP contribution in [-0.4, -0.2) is 51.0 Å². The quantitative estimate of drug-likeness (QED) is 0.686. The molecule has 1 unspecified atom stereocenters. The first-order chi connectivity index (χ1) is 13.4. The molecule has 2 aromatic rings. The van der Waals surface area contributed by atoms with Gasteiger partial charge in [-0.1, -0.05) is 31.2 Å². The topological polar surface area (TPSA) is 63.1 Å². The number of amides is 2. The van der Waals surface area contributed by atoms with Gasteiger partial charge in [-0.25, -0.2) is 0 Å². The van der Waals surface area contributed by atoms with Gasteiger partial charge < -0.3 is 19.9 Å². The molecule has 0 aliphatic heterocycles. The second-order valence-corrected chi connectivity index (χ2v) is 7.01. The van der Waals surface area contributed by atoms with Crippen LogP contribution in [0.1, 0.15) is 18.1 Å². The summed E-state index contributed by atoms with van der Waals surface area (Å²) in [6, 6.07) is 15.4. The fraction of sp³-hybridized carbons (Fsp3) is 0.364. The van der Waals surface area contributed by atoms with Crippen LogP contribution in [0, 0.1) is 0 Å². The van der Waals surface area contributed by atoms with Crippen molar-refractivity contribution < 1.29 is 19.2 Å². The minimum Gasteiger partial charge on any atom is -0.497 e. The number of anilines is 1. The number of quaternary nitrogens is 1. The molecule has 0 saturated heterocycles. The van der Waals surface area contributed by atoms with E-state index in [-0.39, 0.29) is 24.9 Å². The lowest BCUT2D eigenvalue weighted by Crippen LogP contribution is -3.11. The van der Waals surface area contributed by atoms with Crippen molar-refractivity contribution in [1.82, 2.24) is 4.90 Å². The van der Waals surface area contributed by atoms with E-state index in [1.54, 1.807) is 43.3 Å². The first-order valence-corrected chi connectivity index (χ1v) is 9.48. The van der Waals surface area contributed by atoms with E-state index in [1.807, 2.05) is 7.05 Å². The number of nitrogens with one attached hydrogen (secondary N) is 2. The molecule has 2 aromatic carbocycles. The molecule has 150 valence electrons. The largest absolute Gasteiger partial charge is 0.497 e. The molecule has 0 bridgehead atoms. The van der Waals surface area contributed by atoms with Crippen molar-refractivity contribution in [2.75, 3.05) is 39.6 Å². The van der Waals surface area contributed by atoms with Gasteiger partial charge in [0, 0.05) is 19.3 Å².